The smallest absolute Gasteiger partial charge is 0.0408 e. The molecule has 7 aromatic carbocycles. The summed E-state index contributed by atoms with van der Waals surface area (Å²) < 4.78 is 67.9. The van der Waals surface area contributed by atoms with Crippen LogP contribution in [0.5, 0.6) is 0 Å². The van der Waals surface area contributed by atoms with Crippen molar-refractivity contribution in [3.8, 4) is 0 Å². The first kappa shape index (κ1) is 61.9. The Balaban J connectivity index is 0.000000425. The van der Waals surface area contributed by atoms with Crippen molar-refractivity contribution in [2.75, 3.05) is 11.5 Å². The summed E-state index contributed by atoms with van der Waals surface area (Å²) in [6.07, 6.45) is 2.93. The van der Waals surface area contributed by atoms with E-state index in [0.717, 1.165) is 0 Å². The van der Waals surface area contributed by atoms with Crippen LogP contribution in [0.3, 0.4) is 0 Å². The molecule has 0 N–H and O–H groups in total. The van der Waals surface area contributed by atoms with Gasteiger partial charge in [-0.15, -0.1) is 20.5 Å². The third-order valence-electron chi connectivity index (χ3n) is 8.87. The first-order chi connectivity index (χ1) is 30.4. The van der Waals surface area contributed by atoms with Crippen LogP contribution in [0.25, 0.3) is 0 Å². The van der Waals surface area contributed by atoms with Crippen molar-refractivity contribution in [1.82, 2.24) is 0 Å². The zero-order chi connectivity index (χ0) is 46.9. The monoisotopic (exact) mass is 1370 g/mol. The molecule has 0 amide bonds. The van der Waals surface area contributed by atoms with Crippen molar-refractivity contribution >= 4 is 71.3 Å². The summed E-state index contributed by atoms with van der Waals surface area (Å²) in [6, 6.07) is 73.7. The van der Waals surface area contributed by atoms with Crippen LogP contribution in [0, 0.1) is 47.1 Å². The van der Waals surface area contributed by atoms with Crippen LogP contribution >= 0.6 is 34.2 Å². The summed E-state index contributed by atoms with van der Waals surface area (Å²) in [5, 5.41) is 9.18. The van der Waals surface area contributed by atoms with Crippen LogP contribution in [0.2, 0.25) is 0 Å². The number of halogens is 2. The van der Waals surface area contributed by atoms with Crippen molar-refractivity contribution in [3.05, 3.63) is 239 Å². The molecule has 8 nitrogen and oxygen atoms in total. The molecule has 0 aliphatic carbocycles. The van der Waals surface area contributed by atoms with E-state index in [1.807, 2.05) is 72.8 Å². The molecule has 66 heavy (non-hydrogen) atoms. The Hall–Kier alpha value is -2.08. The van der Waals surface area contributed by atoms with Crippen LogP contribution in [0.4, 0.5) is 0 Å². The topological polar surface area (TPSA) is 184 Å². The minimum atomic E-state index is -4.94. The van der Waals surface area contributed by atoms with E-state index in [0.29, 0.717) is 0 Å². The predicted molar refractivity (Wildman–Crippen MR) is 251 cm³/mol. The summed E-state index contributed by atoms with van der Waals surface area (Å²) in [4.78, 5) is 0. The zero-order valence-corrected chi connectivity index (χ0v) is 45.1. The van der Waals surface area contributed by atoms with Gasteiger partial charge < -0.3 is 0 Å². The van der Waals surface area contributed by atoms with Gasteiger partial charge in [0.15, 0.2) is 0 Å². The van der Waals surface area contributed by atoms with Crippen LogP contribution < -0.4 is 74.4 Å². The maximum atomic E-state index is 8.49. The Bertz CT molecular complexity index is 1960. The molecule has 1 aliphatic rings. The molecule has 2 radical (unpaired) electrons. The van der Waals surface area contributed by atoms with Gasteiger partial charge in [-0.05, 0) is 96.7 Å². The molecule has 1 fully saturated rings. The van der Waals surface area contributed by atoms with E-state index in [1.54, 1.807) is 0 Å². The molecule has 1 saturated heterocycles. The third-order valence-corrected chi connectivity index (χ3v) is 17.6. The molecule has 8 rings (SSSR count). The first-order valence-corrected chi connectivity index (χ1v) is 28.8. The van der Waals surface area contributed by atoms with E-state index in [-0.39, 0.29) is 44.8 Å². The summed E-state index contributed by atoms with van der Waals surface area (Å²) >= 11 is 2.07. The third kappa shape index (κ3) is 25.5. The van der Waals surface area contributed by atoms with Crippen molar-refractivity contribution in [3.63, 3.8) is 0 Å². The van der Waals surface area contributed by atoms with Crippen molar-refractivity contribution in [2.45, 2.75) is 12.8 Å². The Morgan fingerprint density at radius 1 is 0.333 bits per heavy atom. The molecule has 0 saturated carbocycles. The Morgan fingerprint density at radius 3 is 0.652 bits per heavy atom. The van der Waals surface area contributed by atoms with Gasteiger partial charge in [0, 0.05) is 66.0 Å². The second kappa shape index (κ2) is 32.7. The predicted octanol–water partition coefficient (Wildman–Crippen LogP) is 1.92. The van der Waals surface area contributed by atoms with E-state index in [2.05, 4.69) is 178 Å². The molecular formula is C50H51Au2Cl2O8P3S-4. The Morgan fingerprint density at radius 2 is 0.500 bits per heavy atom. The largest absolute Gasteiger partial charge is 0.222 e. The molecule has 1 aliphatic heterocycles. The maximum Gasteiger partial charge on any atom is 0.0408 e. The number of rotatable bonds is 7. The Kier molecular flexibility index (Phi) is 30.7. The average Bonchev–Trinajstić information content (AvgIpc) is 3.89. The van der Waals surface area contributed by atoms with Gasteiger partial charge in [0.2, 0.25) is 0 Å². The Labute approximate surface area is 433 Å². The molecule has 0 bridgehead atoms. The fourth-order valence-corrected chi connectivity index (χ4v) is 12.7. The van der Waals surface area contributed by atoms with Gasteiger partial charge in [-0.1, -0.05) is 164 Å². The van der Waals surface area contributed by atoms with Crippen molar-refractivity contribution in [1.29, 1.82) is 0 Å². The standard InChI is InChI=1S/C18H15P.2C14H14P.C4H8S.2Au.2ClHO4/c1-4-10-16(11-5-1)19(17-12-6-2-7-13-17)18-14-8-3-9-15-18;2*1-15(2,13-9-5-3-6-10-13)14-11-7-4-8-12-14;1-2-4-5-3-1;;;2*2-1(3,4)5/h1-15H;2*3-12H,1-2H2;1-4H2;;;2*(H,2,3,4,5)/q;2*-1;;;;;/p-2. The fourth-order valence-electron chi connectivity index (χ4n) is 5.84. The van der Waals surface area contributed by atoms with Crippen molar-refractivity contribution in [2.24, 2.45) is 0 Å². The fraction of sp³-hybridized carbons (Fsp3) is 0.0800. The molecule has 0 atom stereocenters. The van der Waals surface area contributed by atoms with E-state index in [4.69, 9.17) is 37.3 Å². The molecule has 0 spiro atoms. The number of hydrogen-bond donors (Lipinski definition) is 0. The van der Waals surface area contributed by atoms with Gasteiger partial charge in [-0.2, -0.15) is 52.9 Å². The van der Waals surface area contributed by atoms with Crippen LogP contribution in [-0.2, 0) is 44.8 Å². The van der Waals surface area contributed by atoms with Gasteiger partial charge in [-0.3, -0.25) is 0 Å². The SMILES string of the molecule is C1CCSC1.[Au].[Au].[CH2-][P+]([CH2-])(c1ccccc1)c1ccccc1.[CH2-][P+]([CH2-])(c1ccccc1)c1ccccc1.[O-][Cl+3]([O-])([O-])[O-].[O-][Cl+3]([O-])([O-])[O-].c1ccc(P(c2ccccc2)c2ccccc2)cc1. The second-order valence-electron chi connectivity index (χ2n) is 13.7. The normalized spacial score (nSPS) is 11.8. The molecule has 360 valence electrons. The summed E-state index contributed by atoms with van der Waals surface area (Å²) in [7, 11) is -13.6. The van der Waals surface area contributed by atoms with Crippen LogP contribution in [0.15, 0.2) is 212 Å². The summed E-state index contributed by atoms with van der Waals surface area (Å²) in [5.41, 5.74) is 0. The van der Waals surface area contributed by atoms with Crippen molar-refractivity contribution < 1.29 is 103 Å². The number of thioether (sulfide) groups is 1. The van der Waals surface area contributed by atoms with E-state index in [1.165, 1.54) is 61.5 Å². The van der Waals surface area contributed by atoms with E-state index >= 15 is 0 Å². The minimum absolute atomic E-state index is 0. The minimum Gasteiger partial charge on any atom is -0.222 e. The molecular weight excluding hydrogens is 1320 g/mol. The number of hydrogen-bond acceptors (Lipinski definition) is 9. The van der Waals surface area contributed by atoms with E-state index < -0.39 is 42.9 Å². The maximum absolute atomic E-state index is 8.49. The molecule has 0 unspecified atom stereocenters. The summed E-state index contributed by atoms with van der Waals surface area (Å²) in [5.74, 6) is 2.83. The van der Waals surface area contributed by atoms with Crippen LogP contribution in [-0.4, -0.2) is 11.5 Å². The first-order valence-electron chi connectivity index (χ1n) is 19.5. The molecule has 16 heteroatoms. The van der Waals surface area contributed by atoms with Gasteiger partial charge in [0.1, 0.15) is 0 Å². The number of benzene rings is 7. The molecule has 0 aromatic heterocycles. The van der Waals surface area contributed by atoms with E-state index in [9.17, 15) is 0 Å². The molecule has 7 aromatic rings. The van der Waals surface area contributed by atoms with Gasteiger partial charge in [0.05, 0.1) is 0 Å². The quantitative estimate of drug-likeness (QED) is 0.131. The summed E-state index contributed by atoms with van der Waals surface area (Å²) in [6.45, 7) is 17.2. The van der Waals surface area contributed by atoms with Gasteiger partial charge >= 0.3 is 0 Å². The molecule has 1 heterocycles. The van der Waals surface area contributed by atoms with Gasteiger partial charge in [-0.25, -0.2) is 37.3 Å². The van der Waals surface area contributed by atoms with Crippen LogP contribution in [0.1, 0.15) is 12.8 Å². The average molecular weight is 1370 g/mol. The zero-order valence-electron chi connectivity index (χ0n) is 35.7. The second-order valence-corrected chi connectivity index (χ2v) is 24.6. The van der Waals surface area contributed by atoms with Gasteiger partial charge in [0.25, 0.3) is 0 Å².